The van der Waals surface area contributed by atoms with Crippen molar-refractivity contribution in [3.8, 4) is 0 Å². The normalized spacial score (nSPS) is 13.7. The van der Waals surface area contributed by atoms with Crippen molar-refractivity contribution in [2.75, 3.05) is 10.6 Å². The zero-order valence-electron chi connectivity index (χ0n) is 14.6. The van der Waals surface area contributed by atoms with Crippen LogP contribution in [0.25, 0.3) is 0 Å². The van der Waals surface area contributed by atoms with Crippen molar-refractivity contribution in [1.29, 1.82) is 0 Å². The molecule has 0 aromatic heterocycles. The van der Waals surface area contributed by atoms with Gasteiger partial charge in [-0.1, -0.05) is 24.3 Å². The molecule has 2 atom stereocenters. The van der Waals surface area contributed by atoms with Crippen LogP contribution < -0.4 is 9.62 Å². The molecule has 0 heterocycles. The molecule has 0 fully saturated rings. The Hall–Kier alpha value is -2.48. The zero-order chi connectivity index (χ0) is 19.5. The second kappa shape index (κ2) is 7.82. The molecule has 2 rings (SSSR count). The minimum atomic E-state index is -3.91. The van der Waals surface area contributed by atoms with Crippen molar-refractivity contribution in [1.82, 2.24) is 5.32 Å². The first-order chi connectivity index (χ1) is 12.1. The van der Waals surface area contributed by atoms with Gasteiger partial charge >= 0.3 is 0 Å². The van der Waals surface area contributed by atoms with Crippen LogP contribution in [0.2, 0.25) is 0 Å². The number of hydrogen-bond acceptors (Lipinski definition) is 3. The summed E-state index contributed by atoms with van der Waals surface area (Å²) in [5, 5.41) is 2.67. The Balaban J connectivity index is 2.25. The summed E-state index contributed by atoms with van der Waals surface area (Å²) in [6.45, 7) is 3.06. The van der Waals surface area contributed by atoms with Gasteiger partial charge in [0.15, 0.2) is 0 Å². The van der Waals surface area contributed by atoms with Gasteiger partial charge in [-0.15, -0.1) is 0 Å². The molecule has 0 aliphatic heterocycles. The minimum absolute atomic E-state index is 0.202. The fraction of sp³-hybridized carbons (Fsp3) is 0.278. The van der Waals surface area contributed by atoms with Crippen LogP contribution in [0.4, 0.5) is 14.5 Å². The van der Waals surface area contributed by atoms with Crippen LogP contribution in [0.1, 0.15) is 25.5 Å². The lowest BCUT2D eigenvalue weighted by atomic mass is 10.1. The van der Waals surface area contributed by atoms with Crippen molar-refractivity contribution in [2.45, 2.75) is 25.9 Å². The number of halogens is 2. The van der Waals surface area contributed by atoms with Gasteiger partial charge in [-0.05, 0) is 43.7 Å². The first kappa shape index (κ1) is 19.8. The van der Waals surface area contributed by atoms with Gasteiger partial charge in [-0.3, -0.25) is 9.10 Å². The Labute approximate surface area is 151 Å². The second-order valence-corrected chi connectivity index (χ2v) is 7.83. The third-order valence-corrected chi connectivity index (χ3v) is 5.13. The van der Waals surface area contributed by atoms with E-state index in [9.17, 15) is 22.0 Å². The highest BCUT2D eigenvalue weighted by Gasteiger charge is 2.31. The first-order valence-electron chi connectivity index (χ1n) is 7.91. The van der Waals surface area contributed by atoms with Gasteiger partial charge in [0.05, 0.1) is 18.0 Å². The smallest absolute Gasteiger partial charge is 0.244 e. The molecule has 0 spiro atoms. The van der Waals surface area contributed by atoms with Crippen molar-refractivity contribution < 1.29 is 22.0 Å². The number of amides is 1. The molecular weight excluding hydrogens is 362 g/mol. The Morgan fingerprint density at radius 1 is 1.04 bits per heavy atom. The largest absolute Gasteiger partial charge is 0.348 e. The summed E-state index contributed by atoms with van der Waals surface area (Å²) in [6.07, 6.45) is 0.909. The van der Waals surface area contributed by atoms with E-state index in [2.05, 4.69) is 5.32 Å². The molecule has 0 aliphatic carbocycles. The first-order valence-corrected chi connectivity index (χ1v) is 9.76. The number of sulfonamides is 1. The zero-order valence-corrected chi connectivity index (χ0v) is 15.4. The van der Waals surface area contributed by atoms with Crippen molar-refractivity contribution in [3.05, 3.63) is 65.7 Å². The van der Waals surface area contributed by atoms with E-state index >= 15 is 0 Å². The molecular formula is C18H20F2N2O3S. The summed E-state index contributed by atoms with van der Waals surface area (Å²) in [7, 11) is -3.91. The lowest BCUT2D eigenvalue weighted by Gasteiger charge is -2.29. The summed E-state index contributed by atoms with van der Waals surface area (Å²) >= 11 is 0. The summed E-state index contributed by atoms with van der Waals surface area (Å²) in [5.41, 5.74) is 0.454. The topological polar surface area (TPSA) is 66.5 Å². The molecule has 8 heteroatoms. The van der Waals surface area contributed by atoms with E-state index in [0.717, 1.165) is 16.6 Å². The standard InChI is InChI=1S/C18H20F2N2O3S/c1-12(14-8-10-15(19)11-9-14)21-18(23)13(2)22(26(3,24)25)17-7-5-4-6-16(17)20/h4-13H,1-3H3,(H,21,23)/t12-,13+/m0/s1. The summed E-state index contributed by atoms with van der Waals surface area (Å²) in [5.74, 6) is -1.75. The summed E-state index contributed by atoms with van der Waals surface area (Å²) in [6, 6.07) is 9.27. The van der Waals surface area contributed by atoms with Crippen LogP contribution in [0.3, 0.4) is 0 Å². The van der Waals surface area contributed by atoms with Gasteiger partial charge in [-0.2, -0.15) is 0 Å². The number of para-hydroxylation sites is 1. The molecule has 2 aromatic carbocycles. The van der Waals surface area contributed by atoms with E-state index in [1.54, 1.807) is 6.92 Å². The quantitative estimate of drug-likeness (QED) is 0.835. The van der Waals surface area contributed by atoms with Gasteiger partial charge < -0.3 is 5.32 Å². The van der Waals surface area contributed by atoms with E-state index in [1.165, 1.54) is 49.4 Å². The van der Waals surface area contributed by atoms with Crippen LogP contribution in [0, 0.1) is 11.6 Å². The van der Waals surface area contributed by atoms with Crippen LogP contribution >= 0.6 is 0 Å². The molecule has 1 amide bonds. The molecule has 0 saturated heterocycles. The third-order valence-electron chi connectivity index (χ3n) is 3.91. The Morgan fingerprint density at radius 3 is 2.15 bits per heavy atom. The second-order valence-electron chi connectivity index (χ2n) is 5.97. The van der Waals surface area contributed by atoms with Crippen molar-refractivity contribution >= 4 is 21.6 Å². The van der Waals surface area contributed by atoms with Gasteiger partial charge in [0.25, 0.3) is 0 Å². The molecule has 0 bridgehead atoms. The number of carbonyl (C=O) groups is 1. The highest BCUT2D eigenvalue weighted by Crippen LogP contribution is 2.24. The molecule has 0 saturated carbocycles. The van der Waals surface area contributed by atoms with Gasteiger partial charge in [0, 0.05) is 0 Å². The highest BCUT2D eigenvalue weighted by molar-refractivity contribution is 7.92. The monoisotopic (exact) mass is 382 g/mol. The Bertz CT molecular complexity index is 886. The van der Waals surface area contributed by atoms with Crippen LogP contribution in [-0.4, -0.2) is 26.6 Å². The summed E-state index contributed by atoms with van der Waals surface area (Å²) in [4.78, 5) is 12.6. The Kier molecular flexibility index (Phi) is 5.97. The SMILES string of the molecule is C[C@H](NC(=O)[C@@H](C)N(c1ccccc1F)S(C)(=O)=O)c1ccc(F)cc1. The maximum absolute atomic E-state index is 14.1. The number of hydrogen-bond donors (Lipinski definition) is 1. The van der Waals surface area contributed by atoms with Gasteiger partial charge in [-0.25, -0.2) is 17.2 Å². The summed E-state index contributed by atoms with van der Waals surface area (Å²) < 4.78 is 52.2. The Morgan fingerprint density at radius 2 is 1.62 bits per heavy atom. The number of benzene rings is 2. The third kappa shape index (κ3) is 4.57. The number of rotatable bonds is 6. The maximum atomic E-state index is 14.1. The van der Waals surface area contributed by atoms with E-state index in [4.69, 9.17) is 0 Å². The van der Waals surface area contributed by atoms with Gasteiger partial charge in [0.2, 0.25) is 15.9 Å². The average Bonchev–Trinajstić information content (AvgIpc) is 2.56. The molecule has 5 nitrogen and oxygen atoms in total. The molecule has 140 valence electrons. The lowest BCUT2D eigenvalue weighted by molar-refractivity contribution is -0.122. The van der Waals surface area contributed by atoms with E-state index in [1.807, 2.05) is 0 Å². The molecule has 0 unspecified atom stereocenters. The van der Waals surface area contributed by atoms with Crippen molar-refractivity contribution in [3.63, 3.8) is 0 Å². The van der Waals surface area contributed by atoms with E-state index < -0.39 is 39.6 Å². The molecule has 26 heavy (non-hydrogen) atoms. The number of carbonyl (C=O) groups excluding carboxylic acids is 1. The van der Waals surface area contributed by atoms with Crippen LogP contribution in [-0.2, 0) is 14.8 Å². The van der Waals surface area contributed by atoms with E-state index in [0.29, 0.717) is 5.56 Å². The van der Waals surface area contributed by atoms with Crippen LogP contribution in [0.5, 0.6) is 0 Å². The number of nitrogens with zero attached hydrogens (tertiary/aromatic N) is 1. The predicted molar refractivity (Wildman–Crippen MR) is 96.1 cm³/mol. The fourth-order valence-electron chi connectivity index (χ4n) is 2.58. The van der Waals surface area contributed by atoms with Crippen molar-refractivity contribution in [2.24, 2.45) is 0 Å². The molecule has 0 radical (unpaired) electrons. The molecule has 1 N–H and O–H groups in total. The minimum Gasteiger partial charge on any atom is -0.348 e. The highest BCUT2D eigenvalue weighted by atomic mass is 32.2. The predicted octanol–water partition coefficient (Wildman–Crippen LogP) is 3.00. The van der Waals surface area contributed by atoms with Gasteiger partial charge in [0.1, 0.15) is 17.7 Å². The fourth-order valence-corrected chi connectivity index (χ4v) is 3.76. The lowest BCUT2D eigenvalue weighted by Crippen LogP contribution is -2.48. The number of nitrogens with one attached hydrogen (secondary N) is 1. The molecule has 0 aliphatic rings. The van der Waals surface area contributed by atoms with E-state index in [-0.39, 0.29) is 5.69 Å². The van der Waals surface area contributed by atoms with Crippen LogP contribution in [0.15, 0.2) is 48.5 Å². The maximum Gasteiger partial charge on any atom is 0.244 e. The number of anilines is 1. The molecule has 2 aromatic rings. The average molecular weight is 382 g/mol.